The molecule has 2 aromatic carbocycles. The minimum Gasteiger partial charge on any atom is -0.324 e. The maximum absolute atomic E-state index is 12.3. The Morgan fingerprint density at radius 3 is 2.44 bits per heavy atom. The molecule has 5 nitrogen and oxygen atoms in total. The summed E-state index contributed by atoms with van der Waals surface area (Å²) in [7, 11) is -3.76. The standard InChI is InChI=1S/C15H12BrCl3N2O3S/c1-25(23,24)21(13-4-2-3-11(17)15(13)19)8-14(22)20-9-5-6-10(16)12(18)7-9/h2-7H,8H2,1H3,(H,20,22). The van der Waals surface area contributed by atoms with E-state index in [2.05, 4.69) is 21.2 Å². The molecule has 0 saturated heterocycles. The van der Waals surface area contributed by atoms with E-state index in [1.165, 1.54) is 12.1 Å². The smallest absolute Gasteiger partial charge is 0.245 e. The van der Waals surface area contributed by atoms with E-state index in [0.29, 0.717) is 15.2 Å². The number of hydrogen-bond acceptors (Lipinski definition) is 3. The van der Waals surface area contributed by atoms with Crippen molar-refractivity contribution in [3.63, 3.8) is 0 Å². The van der Waals surface area contributed by atoms with E-state index in [9.17, 15) is 13.2 Å². The molecule has 0 aliphatic heterocycles. The second-order valence-electron chi connectivity index (χ2n) is 5.02. The first-order valence-electron chi connectivity index (χ1n) is 6.76. The number of nitrogens with zero attached hydrogens (tertiary/aromatic N) is 1. The Kier molecular flexibility index (Phi) is 6.62. The Bertz CT molecular complexity index is 922. The number of carbonyl (C=O) groups excluding carboxylic acids is 1. The van der Waals surface area contributed by atoms with Gasteiger partial charge in [-0.25, -0.2) is 8.42 Å². The summed E-state index contributed by atoms with van der Waals surface area (Å²) in [6, 6.07) is 9.39. The number of sulfonamides is 1. The van der Waals surface area contributed by atoms with Crippen molar-refractivity contribution in [2.24, 2.45) is 0 Å². The number of hydrogen-bond donors (Lipinski definition) is 1. The van der Waals surface area contributed by atoms with Gasteiger partial charge in [-0.2, -0.15) is 0 Å². The molecule has 1 amide bonds. The summed E-state index contributed by atoms with van der Waals surface area (Å²) < 4.78 is 25.8. The third kappa shape index (κ3) is 5.24. The molecular formula is C15H12BrCl3N2O3S. The molecule has 0 radical (unpaired) electrons. The third-order valence-electron chi connectivity index (χ3n) is 3.09. The summed E-state index contributed by atoms with van der Waals surface area (Å²) in [5.74, 6) is -0.556. The summed E-state index contributed by atoms with van der Waals surface area (Å²) in [6.45, 7) is -0.466. The predicted octanol–water partition coefficient (Wildman–Crippen LogP) is 4.81. The van der Waals surface area contributed by atoms with Gasteiger partial charge in [0.15, 0.2) is 0 Å². The van der Waals surface area contributed by atoms with Gasteiger partial charge < -0.3 is 5.32 Å². The lowest BCUT2D eigenvalue weighted by Gasteiger charge is -2.23. The number of halogens is 4. The molecule has 0 unspecified atom stereocenters. The van der Waals surface area contributed by atoms with Crippen molar-refractivity contribution >= 4 is 78.0 Å². The molecule has 10 heteroatoms. The van der Waals surface area contributed by atoms with Crippen LogP contribution in [0.1, 0.15) is 0 Å². The predicted molar refractivity (Wildman–Crippen MR) is 106 cm³/mol. The average Bonchev–Trinajstić information content (AvgIpc) is 2.51. The first-order chi connectivity index (χ1) is 11.6. The normalized spacial score (nSPS) is 11.2. The Morgan fingerprint density at radius 1 is 1.16 bits per heavy atom. The maximum atomic E-state index is 12.3. The third-order valence-corrected chi connectivity index (χ3v) is 6.26. The molecule has 0 aliphatic rings. The molecule has 0 aromatic heterocycles. The van der Waals surface area contributed by atoms with Gasteiger partial charge in [0.05, 0.1) is 27.0 Å². The lowest BCUT2D eigenvalue weighted by atomic mass is 10.3. The zero-order valence-corrected chi connectivity index (χ0v) is 17.4. The van der Waals surface area contributed by atoms with Crippen molar-refractivity contribution in [2.75, 3.05) is 22.4 Å². The van der Waals surface area contributed by atoms with Gasteiger partial charge in [-0.3, -0.25) is 9.10 Å². The van der Waals surface area contributed by atoms with Crippen LogP contribution in [-0.2, 0) is 14.8 Å². The van der Waals surface area contributed by atoms with Crippen molar-refractivity contribution < 1.29 is 13.2 Å². The van der Waals surface area contributed by atoms with Gasteiger partial charge in [-0.05, 0) is 46.3 Å². The SMILES string of the molecule is CS(=O)(=O)N(CC(=O)Nc1ccc(Br)c(Cl)c1)c1cccc(Cl)c1Cl. The molecular weight excluding hydrogens is 475 g/mol. The van der Waals surface area contributed by atoms with E-state index in [1.807, 2.05) is 0 Å². The van der Waals surface area contributed by atoms with E-state index in [4.69, 9.17) is 34.8 Å². The van der Waals surface area contributed by atoms with Crippen LogP contribution in [0, 0.1) is 0 Å². The number of amides is 1. The van der Waals surface area contributed by atoms with Crippen molar-refractivity contribution in [1.29, 1.82) is 0 Å². The number of benzene rings is 2. The lowest BCUT2D eigenvalue weighted by molar-refractivity contribution is -0.114. The van der Waals surface area contributed by atoms with Gasteiger partial charge in [0.25, 0.3) is 0 Å². The van der Waals surface area contributed by atoms with Gasteiger partial charge in [-0.15, -0.1) is 0 Å². The fraction of sp³-hybridized carbons (Fsp3) is 0.133. The molecule has 0 spiro atoms. The van der Waals surface area contributed by atoms with Crippen LogP contribution in [0.3, 0.4) is 0 Å². The zero-order valence-electron chi connectivity index (χ0n) is 12.8. The van der Waals surface area contributed by atoms with Crippen molar-refractivity contribution in [2.45, 2.75) is 0 Å². The molecule has 0 fully saturated rings. The Labute approximate surface area is 169 Å². The molecule has 1 N–H and O–H groups in total. The van der Waals surface area contributed by atoms with Crippen LogP contribution in [0.25, 0.3) is 0 Å². The summed E-state index contributed by atoms with van der Waals surface area (Å²) in [4.78, 5) is 12.3. The van der Waals surface area contributed by atoms with Crippen LogP contribution in [0.5, 0.6) is 0 Å². The molecule has 25 heavy (non-hydrogen) atoms. The number of anilines is 2. The van der Waals surface area contributed by atoms with E-state index < -0.39 is 22.5 Å². The Morgan fingerprint density at radius 2 is 1.84 bits per heavy atom. The summed E-state index contributed by atoms with van der Waals surface area (Å²) in [5.41, 5.74) is 0.560. The first kappa shape index (κ1) is 20.3. The number of nitrogens with one attached hydrogen (secondary N) is 1. The van der Waals surface area contributed by atoms with Gasteiger partial charge in [-0.1, -0.05) is 40.9 Å². The van der Waals surface area contributed by atoms with Gasteiger partial charge in [0.1, 0.15) is 6.54 Å². The highest BCUT2D eigenvalue weighted by atomic mass is 79.9. The Balaban J connectivity index is 2.27. The molecule has 0 bridgehead atoms. The van der Waals surface area contributed by atoms with Gasteiger partial charge >= 0.3 is 0 Å². The molecule has 2 aromatic rings. The highest BCUT2D eigenvalue weighted by Crippen LogP contribution is 2.33. The fourth-order valence-corrected chi connectivity index (χ4v) is 3.71. The van der Waals surface area contributed by atoms with Crippen molar-refractivity contribution in [1.82, 2.24) is 0 Å². The lowest BCUT2D eigenvalue weighted by Crippen LogP contribution is -2.37. The summed E-state index contributed by atoms with van der Waals surface area (Å²) >= 11 is 21.2. The Hall–Kier alpha value is -0.990. The average molecular weight is 487 g/mol. The molecule has 2 rings (SSSR count). The topological polar surface area (TPSA) is 66.5 Å². The first-order valence-corrected chi connectivity index (χ1v) is 10.5. The highest BCUT2D eigenvalue weighted by Gasteiger charge is 2.24. The van der Waals surface area contributed by atoms with E-state index in [0.717, 1.165) is 10.6 Å². The van der Waals surface area contributed by atoms with Crippen LogP contribution in [-0.4, -0.2) is 27.1 Å². The highest BCUT2D eigenvalue weighted by molar-refractivity contribution is 9.10. The fourth-order valence-electron chi connectivity index (χ4n) is 1.97. The van der Waals surface area contributed by atoms with Crippen LogP contribution < -0.4 is 9.62 Å². The van der Waals surface area contributed by atoms with E-state index >= 15 is 0 Å². The quantitative estimate of drug-likeness (QED) is 0.659. The monoisotopic (exact) mass is 484 g/mol. The second kappa shape index (κ2) is 8.14. The zero-order chi connectivity index (χ0) is 18.8. The maximum Gasteiger partial charge on any atom is 0.245 e. The van der Waals surface area contributed by atoms with Crippen molar-refractivity contribution in [3.05, 3.63) is 55.9 Å². The molecule has 134 valence electrons. The summed E-state index contributed by atoms with van der Waals surface area (Å²) in [5, 5.41) is 3.24. The number of rotatable bonds is 5. The van der Waals surface area contributed by atoms with E-state index in [1.54, 1.807) is 24.3 Å². The summed E-state index contributed by atoms with van der Waals surface area (Å²) in [6.07, 6.45) is 0.980. The van der Waals surface area contributed by atoms with Crippen molar-refractivity contribution in [3.8, 4) is 0 Å². The van der Waals surface area contributed by atoms with Gasteiger partial charge in [0.2, 0.25) is 15.9 Å². The molecule has 0 atom stereocenters. The minimum absolute atomic E-state index is 0.0501. The van der Waals surface area contributed by atoms with E-state index in [-0.39, 0.29) is 15.7 Å². The largest absolute Gasteiger partial charge is 0.324 e. The van der Waals surface area contributed by atoms with Crippen LogP contribution in [0.15, 0.2) is 40.9 Å². The van der Waals surface area contributed by atoms with Gasteiger partial charge in [0, 0.05) is 10.2 Å². The molecule has 0 aliphatic carbocycles. The number of carbonyl (C=O) groups is 1. The second-order valence-corrected chi connectivity index (χ2v) is 8.97. The minimum atomic E-state index is -3.76. The van der Waals surface area contributed by atoms with Crippen LogP contribution in [0.2, 0.25) is 15.1 Å². The molecule has 0 heterocycles. The van der Waals surface area contributed by atoms with Crippen LogP contribution >= 0.6 is 50.7 Å². The molecule has 0 saturated carbocycles. The van der Waals surface area contributed by atoms with Crippen LogP contribution in [0.4, 0.5) is 11.4 Å².